The average Bonchev–Trinajstić information content (AvgIpc) is 3.06. The molecule has 3 aromatic rings. The third-order valence-electron chi connectivity index (χ3n) is 4.32. The van der Waals surface area contributed by atoms with Crippen LogP contribution in [0.4, 0.5) is 23.4 Å². The highest BCUT2D eigenvalue weighted by Crippen LogP contribution is 2.32. The first kappa shape index (κ1) is 22.0. The molecule has 3 rings (SSSR count). The van der Waals surface area contributed by atoms with Crippen molar-refractivity contribution < 1.29 is 22.4 Å². The Kier molecular flexibility index (Phi) is 5.77. The Morgan fingerprint density at radius 2 is 1.67 bits per heavy atom. The van der Waals surface area contributed by atoms with Crippen molar-refractivity contribution in [2.24, 2.45) is 0 Å². The van der Waals surface area contributed by atoms with Crippen LogP contribution in [0.3, 0.4) is 0 Å². The molecule has 0 unspecified atom stereocenters. The molecule has 0 bridgehead atoms. The molecule has 0 aliphatic rings. The van der Waals surface area contributed by atoms with Crippen LogP contribution < -0.4 is 5.32 Å². The maximum atomic E-state index is 13.5. The molecule has 0 radical (unpaired) electrons. The molecular formula is C21H18BrF4N3O. The number of carbonyl (C=O) groups excluding carboxylic acids is 1. The molecular weight excluding hydrogens is 466 g/mol. The highest BCUT2D eigenvalue weighted by Gasteiger charge is 2.34. The molecule has 2 aromatic carbocycles. The number of carbonyl (C=O) groups is 1. The lowest BCUT2D eigenvalue weighted by molar-refractivity contribution is -0.140. The van der Waals surface area contributed by atoms with E-state index in [1.807, 2.05) is 20.8 Å². The minimum atomic E-state index is -4.90. The second kappa shape index (κ2) is 7.86. The van der Waals surface area contributed by atoms with E-state index in [-0.39, 0.29) is 16.8 Å². The largest absolute Gasteiger partial charge is 0.419 e. The molecule has 1 aromatic heterocycles. The first-order chi connectivity index (χ1) is 13.9. The smallest absolute Gasteiger partial charge is 0.306 e. The van der Waals surface area contributed by atoms with Gasteiger partial charge in [0.2, 0.25) is 0 Å². The van der Waals surface area contributed by atoms with E-state index < -0.39 is 23.5 Å². The van der Waals surface area contributed by atoms with Gasteiger partial charge in [-0.05, 0) is 42.5 Å². The molecule has 4 nitrogen and oxygen atoms in total. The maximum absolute atomic E-state index is 13.5. The van der Waals surface area contributed by atoms with Gasteiger partial charge in [0, 0.05) is 21.5 Å². The summed E-state index contributed by atoms with van der Waals surface area (Å²) in [5, 5.41) is 7.14. The number of hydrogen-bond donors (Lipinski definition) is 1. The number of nitrogens with zero attached hydrogens (tertiary/aromatic N) is 2. The first-order valence-electron chi connectivity index (χ1n) is 8.91. The van der Waals surface area contributed by atoms with Crippen molar-refractivity contribution in [2.75, 3.05) is 5.32 Å². The number of alkyl halides is 3. The zero-order valence-electron chi connectivity index (χ0n) is 16.3. The number of nitrogens with one attached hydrogen (secondary N) is 1. The molecule has 9 heteroatoms. The molecule has 0 spiro atoms. The monoisotopic (exact) mass is 483 g/mol. The van der Waals surface area contributed by atoms with Crippen LogP contribution in [0.5, 0.6) is 0 Å². The van der Waals surface area contributed by atoms with Crippen molar-refractivity contribution >= 4 is 27.7 Å². The lowest BCUT2D eigenvalue weighted by atomic mass is 9.92. The van der Waals surface area contributed by atoms with Gasteiger partial charge in [0.25, 0.3) is 5.91 Å². The molecule has 1 N–H and O–H groups in total. The van der Waals surface area contributed by atoms with E-state index in [1.165, 1.54) is 4.68 Å². The Bertz CT molecular complexity index is 1080. The van der Waals surface area contributed by atoms with Gasteiger partial charge in [-0.1, -0.05) is 36.7 Å². The fourth-order valence-electron chi connectivity index (χ4n) is 2.69. The Hall–Kier alpha value is -2.68. The van der Waals surface area contributed by atoms with Crippen molar-refractivity contribution in [1.29, 1.82) is 0 Å². The van der Waals surface area contributed by atoms with Crippen LogP contribution in [-0.2, 0) is 11.6 Å². The molecule has 1 heterocycles. The number of aromatic nitrogens is 2. The Morgan fingerprint density at radius 3 is 2.23 bits per heavy atom. The Balaban J connectivity index is 2.01. The number of hydrogen-bond acceptors (Lipinski definition) is 2. The molecule has 1 amide bonds. The quantitative estimate of drug-likeness (QED) is 0.441. The van der Waals surface area contributed by atoms with Crippen molar-refractivity contribution in [3.8, 4) is 5.69 Å². The second-order valence-electron chi connectivity index (χ2n) is 7.70. The van der Waals surface area contributed by atoms with Crippen LogP contribution in [-0.4, -0.2) is 15.7 Å². The highest BCUT2D eigenvalue weighted by molar-refractivity contribution is 9.10. The molecule has 0 saturated carbocycles. The third-order valence-corrected chi connectivity index (χ3v) is 4.85. The van der Waals surface area contributed by atoms with Crippen LogP contribution in [0, 0.1) is 5.82 Å². The van der Waals surface area contributed by atoms with Gasteiger partial charge in [0.05, 0.1) is 16.9 Å². The summed E-state index contributed by atoms with van der Waals surface area (Å²) < 4.78 is 54.8. The standard InChI is InChI=1S/C21H18BrF4N3O/c1-20(2,3)17-11-18(29(28-17)14-7-5-13(22)6-8-14)27-19(30)12-4-9-16(23)15(10-12)21(24,25)26/h4-11H,1-3H3,(H,27,30). The minimum Gasteiger partial charge on any atom is -0.306 e. The summed E-state index contributed by atoms with van der Waals surface area (Å²) in [5.74, 6) is -1.96. The molecule has 158 valence electrons. The number of halogens is 5. The normalized spacial score (nSPS) is 12.1. The molecule has 0 aliphatic carbocycles. The SMILES string of the molecule is CC(C)(C)c1cc(NC(=O)c2ccc(F)c(C(F)(F)F)c2)n(-c2ccc(Br)cc2)n1. The van der Waals surface area contributed by atoms with Gasteiger partial charge in [-0.25, -0.2) is 9.07 Å². The van der Waals surface area contributed by atoms with E-state index >= 15 is 0 Å². The van der Waals surface area contributed by atoms with Gasteiger partial charge in [-0.3, -0.25) is 4.79 Å². The van der Waals surface area contributed by atoms with E-state index in [4.69, 9.17) is 0 Å². The summed E-state index contributed by atoms with van der Waals surface area (Å²) >= 11 is 3.35. The summed E-state index contributed by atoms with van der Waals surface area (Å²) in [4.78, 5) is 12.7. The van der Waals surface area contributed by atoms with Crippen LogP contribution in [0.15, 0.2) is 53.0 Å². The lowest BCUT2D eigenvalue weighted by Crippen LogP contribution is -2.17. The summed E-state index contributed by atoms with van der Waals surface area (Å²) in [7, 11) is 0. The fraction of sp³-hybridized carbons (Fsp3) is 0.238. The van der Waals surface area contributed by atoms with Gasteiger partial charge in [-0.2, -0.15) is 18.3 Å². The fourth-order valence-corrected chi connectivity index (χ4v) is 2.95. The Labute approximate surface area is 179 Å². The van der Waals surface area contributed by atoms with Crippen LogP contribution in [0.25, 0.3) is 5.69 Å². The maximum Gasteiger partial charge on any atom is 0.419 e. The van der Waals surface area contributed by atoms with Gasteiger partial charge in [0.1, 0.15) is 11.6 Å². The molecule has 0 saturated heterocycles. The zero-order valence-corrected chi connectivity index (χ0v) is 17.9. The predicted molar refractivity (Wildman–Crippen MR) is 109 cm³/mol. The highest BCUT2D eigenvalue weighted by atomic mass is 79.9. The van der Waals surface area contributed by atoms with Gasteiger partial charge in [-0.15, -0.1) is 0 Å². The summed E-state index contributed by atoms with van der Waals surface area (Å²) in [6.07, 6.45) is -4.90. The van der Waals surface area contributed by atoms with E-state index in [1.54, 1.807) is 30.3 Å². The molecule has 0 aliphatic heterocycles. The third kappa shape index (κ3) is 4.72. The molecule has 30 heavy (non-hydrogen) atoms. The molecule has 0 atom stereocenters. The number of benzene rings is 2. The van der Waals surface area contributed by atoms with E-state index in [0.717, 1.165) is 10.5 Å². The molecule has 0 fully saturated rings. The minimum absolute atomic E-state index is 0.283. The number of amides is 1. The predicted octanol–water partition coefficient (Wildman–Crippen LogP) is 6.34. The van der Waals surface area contributed by atoms with Crippen molar-refractivity contribution in [3.63, 3.8) is 0 Å². The van der Waals surface area contributed by atoms with Gasteiger partial charge < -0.3 is 5.32 Å². The van der Waals surface area contributed by atoms with Gasteiger partial charge >= 0.3 is 6.18 Å². The van der Waals surface area contributed by atoms with E-state index in [0.29, 0.717) is 23.5 Å². The van der Waals surface area contributed by atoms with Crippen LogP contribution in [0.2, 0.25) is 0 Å². The zero-order chi connectivity index (χ0) is 22.3. The lowest BCUT2D eigenvalue weighted by Gasteiger charge is -2.14. The summed E-state index contributed by atoms with van der Waals surface area (Å²) in [5.41, 5.74) is -0.814. The Morgan fingerprint density at radius 1 is 1.03 bits per heavy atom. The van der Waals surface area contributed by atoms with Gasteiger partial charge in [0.15, 0.2) is 0 Å². The number of anilines is 1. The van der Waals surface area contributed by atoms with Crippen LogP contribution >= 0.6 is 15.9 Å². The number of rotatable bonds is 3. The van der Waals surface area contributed by atoms with Crippen LogP contribution in [0.1, 0.15) is 42.4 Å². The second-order valence-corrected chi connectivity index (χ2v) is 8.62. The first-order valence-corrected chi connectivity index (χ1v) is 9.70. The summed E-state index contributed by atoms with van der Waals surface area (Å²) in [6, 6.07) is 10.9. The van der Waals surface area contributed by atoms with Crippen molar-refractivity contribution in [3.05, 3.63) is 75.6 Å². The van der Waals surface area contributed by atoms with Crippen molar-refractivity contribution in [1.82, 2.24) is 9.78 Å². The van der Waals surface area contributed by atoms with E-state index in [2.05, 4.69) is 26.3 Å². The average molecular weight is 484 g/mol. The topological polar surface area (TPSA) is 46.9 Å². The van der Waals surface area contributed by atoms with E-state index in [9.17, 15) is 22.4 Å². The van der Waals surface area contributed by atoms with Crippen molar-refractivity contribution in [2.45, 2.75) is 32.4 Å². The summed E-state index contributed by atoms with van der Waals surface area (Å²) in [6.45, 7) is 5.84.